The average Bonchev–Trinajstić information content (AvgIpc) is 3.55. The zero-order chi connectivity index (χ0) is 25.1. The molecule has 0 unspecified atom stereocenters. The Hall–Kier alpha value is -3.86. The van der Waals surface area contributed by atoms with Crippen LogP contribution in [-0.2, 0) is 6.54 Å². The summed E-state index contributed by atoms with van der Waals surface area (Å²) in [6, 6.07) is 18.0. The summed E-state index contributed by atoms with van der Waals surface area (Å²) in [4.78, 5) is 29.6. The molecular formula is C25H19ClN6O2S2. The molecule has 5 aromatic rings. The molecule has 0 radical (unpaired) electrons. The van der Waals surface area contributed by atoms with Gasteiger partial charge in [-0.15, -0.1) is 5.10 Å². The number of amides is 3. The minimum absolute atomic E-state index is 0.272. The van der Waals surface area contributed by atoms with Crippen LogP contribution in [-0.4, -0.2) is 26.5 Å². The highest BCUT2D eigenvalue weighted by molar-refractivity contribution is 7.22. The fourth-order valence-corrected chi connectivity index (χ4v) is 5.14. The van der Waals surface area contributed by atoms with Crippen molar-refractivity contribution in [3.8, 4) is 11.3 Å². The van der Waals surface area contributed by atoms with E-state index in [9.17, 15) is 9.59 Å². The minimum atomic E-state index is -0.367. The first-order valence-corrected chi connectivity index (χ1v) is 12.9. The van der Waals surface area contributed by atoms with Crippen LogP contribution < -0.4 is 16.0 Å². The highest BCUT2D eigenvalue weighted by Crippen LogP contribution is 2.29. The summed E-state index contributed by atoms with van der Waals surface area (Å²) in [6.45, 7) is 2.24. The third-order valence-corrected chi connectivity index (χ3v) is 7.15. The lowest BCUT2D eigenvalue weighted by molar-refractivity contribution is 0.102. The van der Waals surface area contributed by atoms with Crippen LogP contribution in [0.15, 0.2) is 66.0 Å². The zero-order valence-electron chi connectivity index (χ0n) is 18.9. The van der Waals surface area contributed by atoms with Crippen LogP contribution in [0.3, 0.4) is 0 Å². The van der Waals surface area contributed by atoms with Gasteiger partial charge < -0.3 is 10.6 Å². The van der Waals surface area contributed by atoms with Crippen molar-refractivity contribution >= 4 is 67.4 Å². The molecule has 11 heteroatoms. The van der Waals surface area contributed by atoms with Gasteiger partial charge in [-0.25, -0.2) is 9.78 Å². The van der Waals surface area contributed by atoms with Gasteiger partial charge in [0.2, 0.25) is 0 Å². The zero-order valence-corrected chi connectivity index (χ0v) is 21.3. The Morgan fingerprint density at radius 1 is 1.03 bits per heavy atom. The largest absolute Gasteiger partial charge is 0.334 e. The molecule has 0 aliphatic rings. The Morgan fingerprint density at radius 2 is 1.86 bits per heavy atom. The van der Waals surface area contributed by atoms with Crippen LogP contribution in [0.25, 0.3) is 21.5 Å². The molecule has 2 heterocycles. The topological polar surface area (TPSA) is 109 Å². The SMILES string of the molecule is Cc1cccc(Cl)c1NC(=O)c1ccc2nc(NC(=O)NCc3ccc(-c4csnn4)cc3)sc2c1. The normalized spacial score (nSPS) is 10.8. The third kappa shape index (κ3) is 5.35. The molecule has 0 spiro atoms. The lowest BCUT2D eigenvalue weighted by atomic mass is 10.1. The number of thiazole rings is 1. The van der Waals surface area contributed by atoms with E-state index in [1.165, 1.54) is 22.9 Å². The average molecular weight is 535 g/mol. The van der Waals surface area contributed by atoms with Gasteiger partial charge in [0.05, 0.1) is 20.9 Å². The number of anilines is 2. The molecule has 0 aliphatic carbocycles. The number of nitrogens with zero attached hydrogens (tertiary/aromatic N) is 3. The molecule has 5 rings (SSSR count). The van der Waals surface area contributed by atoms with Gasteiger partial charge in [-0.05, 0) is 53.8 Å². The smallest absolute Gasteiger partial charge is 0.321 e. The second-order valence-corrected chi connectivity index (χ2v) is 9.93. The molecule has 0 fully saturated rings. The highest BCUT2D eigenvalue weighted by Gasteiger charge is 2.14. The maximum atomic E-state index is 12.8. The summed E-state index contributed by atoms with van der Waals surface area (Å²) >= 11 is 8.82. The second kappa shape index (κ2) is 10.4. The number of fused-ring (bicyclic) bond motifs is 1. The van der Waals surface area contributed by atoms with Crippen LogP contribution in [0.1, 0.15) is 21.5 Å². The van der Waals surface area contributed by atoms with Crippen molar-refractivity contribution in [3.63, 3.8) is 0 Å². The Bertz CT molecular complexity index is 1530. The molecule has 36 heavy (non-hydrogen) atoms. The molecule has 0 aliphatic heterocycles. The molecule has 2 aromatic heterocycles. The van der Waals surface area contributed by atoms with Gasteiger partial charge in [-0.2, -0.15) is 0 Å². The number of hydrogen-bond acceptors (Lipinski definition) is 7. The third-order valence-electron chi connectivity index (χ3n) is 5.39. The highest BCUT2D eigenvalue weighted by atomic mass is 35.5. The van der Waals surface area contributed by atoms with Gasteiger partial charge in [0, 0.05) is 23.1 Å². The van der Waals surface area contributed by atoms with E-state index in [0.717, 1.165) is 27.1 Å². The van der Waals surface area contributed by atoms with Crippen molar-refractivity contribution in [2.75, 3.05) is 10.6 Å². The summed E-state index contributed by atoms with van der Waals surface area (Å²) in [5.41, 5.74) is 5.37. The lowest BCUT2D eigenvalue weighted by Gasteiger charge is -2.10. The molecule has 0 saturated carbocycles. The molecule has 0 bridgehead atoms. The molecule has 180 valence electrons. The number of nitrogens with one attached hydrogen (secondary N) is 3. The Kier molecular flexibility index (Phi) is 6.90. The molecule has 3 amide bonds. The number of aromatic nitrogens is 3. The van der Waals surface area contributed by atoms with Gasteiger partial charge in [0.1, 0.15) is 5.69 Å². The monoisotopic (exact) mass is 534 g/mol. The van der Waals surface area contributed by atoms with E-state index in [0.29, 0.717) is 33.5 Å². The predicted octanol–water partition coefficient (Wildman–Crippen LogP) is 6.35. The fraction of sp³-hybridized carbons (Fsp3) is 0.0800. The summed E-state index contributed by atoms with van der Waals surface area (Å²) in [6.07, 6.45) is 0. The van der Waals surface area contributed by atoms with E-state index in [-0.39, 0.29) is 11.9 Å². The number of carbonyl (C=O) groups excluding carboxylic acids is 2. The first-order valence-electron chi connectivity index (χ1n) is 10.8. The predicted molar refractivity (Wildman–Crippen MR) is 145 cm³/mol. The first-order chi connectivity index (χ1) is 17.5. The van der Waals surface area contributed by atoms with E-state index < -0.39 is 0 Å². The number of halogens is 1. The number of rotatable bonds is 6. The number of aryl methyl sites for hydroxylation is 1. The van der Waals surface area contributed by atoms with E-state index in [4.69, 9.17) is 11.6 Å². The molecule has 3 N–H and O–H groups in total. The summed E-state index contributed by atoms with van der Waals surface area (Å²) in [7, 11) is 0. The van der Waals surface area contributed by atoms with Gasteiger partial charge in [0.25, 0.3) is 5.91 Å². The van der Waals surface area contributed by atoms with Crippen molar-refractivity contribution in [1.82, 2.24) is 19.9 Å². The fourth-order valence-electron chi connectivity index (χ4n) is 3.50. The standard InChI is InChI=1S/C25H19ClN6O2S2/c1-14-3-2-4-18(26)22(14)29-23(33)17-9-10-19-21(11-17)36-25(28-19)30-24(34)27-12-15-5-7-16(8-6-15)20-13-35-32-31-20/h2-11,13H,12H2,1H3,(H,29,33)(H2,27,28,30,34). The lowest BCUT2D eigenvalue weighted by Crippen LogP contribution is -2.28. The summed E-state index contributed by atoms with van der Waals surface area (Å²) < 4.78 is 4.65. The molecular weight excluding hydrogens is 516 g/mol. The Balaban J connectivity index is 1.20. The van der Waals surface area contributed by atoms with Crippen LogP contribution in [0.2, 0.25) is 5.02 Å². The maximum Gasteiger partial charge on any atom is 0.321 e. The van der Waals surface area contributed by atoms with Gasteiger partial charge in [-0.1, -0.05) is 63.8 Å². The Labute approximate surface area is 219 Å². The molecule has 3 aromatic carbocycles. The van der Waals surface area contributed by atoms with E-state index in [1.54, 1.807) is 24.3 Å². The van der Waals surface area contributed by atoms with Gasteiger partial charge in [0.15, 0.2) is 5.13 Å². The number of benzene rings is 3. The van der Waals surface area contributed by atoms with Crippen LogP contribution in [0.4, 0.5) is 15.6 Å². The van der Waals surface area contributed by atoms with Crippen LogP contribution in [0, 0.1) is 6.92 Å². The number of para-hydroxylation sites is 1. The molecule has 0 saturated heterocycles. The van der Waals surface area contributed by atoms with E-state index in [2.05, 4.69) is 30.5 Å². The van der Waals surface area contributed by atoms with Crippen LogP contribution >= 0.6 is 34.5 Å². The first kappa shape index (κ1) is 23.9. The maximum absolute atomic E-state index is 12.8. The minimum Gasteiger partial charge on any atom is -0.334 e. The molecule has 0 atom stereocenters. The number of hydrogen-bond donors (Lipinski definition) is 3. The van der Waals surface area contributed by atoms with Gasteiger partial charge >= 0.3 is 6.03 Å². The van der Waals surface area contributed by atoms with Crippen LogP contribution in [0.5, 0.6) is 0 Å². The second-order valence-electron chi connectivity index (χ2n) is 7.88. The summed E-state index contributed by atoms with van der Waals surface area (Å²) in [5.74, 6) is -0.272. The van der Waals surface area contributed by atoms with Crippen molar-refractivity contribution in [2.24, 2.45) is 0 Å². The van der Waals surface area contributed by atoms with Gasteiger partial charge in [-0.3, -0.25) is 10.1 Å². The van der Waals surface area contributed by atoms with Crippen molar-refractivity contribution < 1.29 is 9.59 Å². The molecule has 8 nitrogen and oxygen atoms in total. The number of carbonyl (C=O) groups is 2. The number of urea groups is 1. The van der Waals surface area contributed by atoms with Crippen molar-refractivity contribution in [2.45, 2.75) is 13.5 Å². The Morgan fingerprint density at radius 3 is 2.61 bits per heavy atom. The van der Waals surface area contributed by atoms with Crippen molar-refractivity contribution in [1.29, 1.82) is 0 Å². The van der Waals surface area contributed by atoms with Crippen molar-refractivity contribution in [3.05, 3.63) is 87.8 Å². The van der Waals surface area contributed by atoms with E-state index in [1.807, 2.05) is 48.7 Å². The summed E-state index contributed by atoms with van der Waals surface area (Å²) in [5, 5.41) is 15.3. The quantitative estimate of drug-likeness (QED) is 0.235. The van der Waals surface area contributed by atoms with E-state index >= 15 is 0 Å².